The van der Waals surface area contributed by atoms with E-state index < -0.39 is 0 Å². The number of carbonyl (C=O) groups excluding carboxylic acids is 1. The Morgan fingerprint density at radius 3 is 2.68 bits per heavy atom. The van der Waals surface area contributed by atoms with Crippen LogP contribution in [0.15, 0.2) is 12.1 Å². The van der Waals surface area contributed by atoms with Gasteiger partial charge in [0.2, 0.25) is 0 Å². The second-order valence-corrected chi connectivity index (χ2v) is 5.61. The van der Waals surface area contributed by atoms with E-state index in [-0.39, 0.29) is 17.9 Å². The monoisotopic (exact) mass is 262 g/mol. The number of aryl methyl sites for hydroxylation is 2. The SMILES string of the molecule is Cc1cc(C)c(C(=O)N2CCC(O)C(C)C2)cc1N. The lowest BCUT2D eigenvalue weighted by Crippen LogP contribution is -2.45. The first kappa shape index (κ1) is 13.9. The van der Waals surface area contributed by atoms with Crippen LogP contribution in [0.4, 0.5) is 5.69 Å². The third-order valence-corrected chi connectivity index (χ3v) is 3.99. The average Bonchev–Trinajstić information content (AvgIpc) is 2.36. The average molecular weight is 262 g/mol. The van der Waals surface area contributed by atoms with Crippen molar-refractivity contribution in [2.24, 2.45) is 5.92 Å². The number of benzene rings is 1. The molecule has 4 heteroatoms. The van der Waals surface area contributed by atoms with Crippen LogP contribution in [0.25, 0.3) is 0 Å². The Hall–Kier alpha value is -1.55. The van der Waals surface area contributed by atoms with Crippen molar-refractivity contribution < 1.29 is 9.90 Å². The Morgan fingerprint density at radius 2 is 2.05 bits per heavy atom. The highest BCUT2D eigenvalue weighted by molar-refractivity contribution is 5.96. The van der Waals surface area contributed by atoms with Gasteiger partial charge in [-0.3, -0.25) is 4.79 Å². The predicted octanol–water partition coefficient (Wildman–Crippen LogP) is 1.73. The maximum absolute atomic E-state index is 12.5. The predicted molar refractivity (Wildman–Crippen MR) is 76.0 cm³/mol. The van der Waals surface area contributed by atoms with Crippen molar-refractivity contribution >= 4 is 11.6 Å². The molecule has 0 bridgehead atoms. The van der Waals surface area contributed by atoms with Gasteiger partial charge in [-0.25, -0.2) is 0 Å². The summed E-state index contributed by atoms with van der Waals surface area (Å²) in [4.78, 5) is 14.3. The summed E-state index contributed by atoms with van der Waals surface area (Å²) in [5, 5.41) is 9.72. The lowest BCUT2D eigenvalue weighted by Gasteiger charge is -2.34. The molecule has 0 radical (unpaired) electrons. The van der Waals surface area contributed by atoms with Crippen molar-refractivity contribution in [2.75, 3.05) is 18.8 Å². The number of nitrogens with two attached hydrogens (primary N) is 1. The molecular formula is C15H22N2O2. The summed E-state index contributed by atoms with van der Waals surface area (Å²) in [6, 6.07) is 3.72. The van der Waals surface area contributed by atoms with E-state index in [9.17, 15) is 9.90 Å². The summed E-state index contributed by atoms with van der Waals surface area (Å²) < 4.78 is 0. The third kappa shape index (κ3) is 2.73. The molecule has 2 atom stereocenters. The molecule has 4 nitrogen and oxygen atoms in total. The molecule has 1 heterocycles. The molecule has 1 aromatic rings. The molecule has 1 aliphatic rings. The fraction of sp³-hybridized carbons (Fsp3) is 0.533. The Morgan fingerprint density at radius 1 is 1.37 bits per heavy atom. The summed E-state index contributed by atoms with van der Waals surface area (Å²) in [5.41, 5.74) is 9.17. The van der Waals surface area contributed by atoms with Crippen LogP contribution in [-0.4, -0.2) is 35.1 Å². The van der Waals surface area contributed by atoms with Gasteiger partial charge in [-0.1, -0.05) is 13.0 Å². The first-order valence-corrected chi connectivity index (χ1v) is 6.74. The maximum Gasteiger partial charge on any atom is 0.254 e. The quantitative estimate of drug-likeness (QED) is 0.757. The van der Waals surface area contributed by atoms with E-state index in [4.69, 9.17) is 5.73 Å². The van der Waals surface area contributed by atoms with Crippen LogP contribution in [0.5, 0.6) is 0 Å². The van der Waals surface area contributed by atoms with Crippen molar-refractivity contribution in [3.8, 4) is 0 Å². The van der Waals surface area contributed by atoms with Crippen LogP contribution < -0.4 is 5.73 Å². The van der Waals surface area contributed by atoms with E-state index in [0.717, 1.165) is 11.1 Å². The number of nitrogens with zero attached hydrogens (tertiary/aromatic N) is 1. The molecule has 1 saturated heterocycles. The minimum atomic E-state index is -0.298. The second kappa shape index (κ2) is 5.21. The Labute approximate surface area is 114 Å². The zero-order valence-corrected chi connectivity index (χ0v) is 11.8. The van der Waals surface area contributed by atoms with Crippen LogP contribution in [0.3, 0.4) is 0 Å². The molecule has 0 spiro atoms. The van der Waals surface area contributed by atoms with Crippen molar-refractivity contribution in [3.05, 3.63) is 28.8 Å². The molecule has 19 heavy (non-hydrogen) atoms. The Balaban J connectivity index is 2.23. The molecule has 1 amide bonds. The smallest absolute Gasteiger partial charge is 0.254 e. The number of piperidine rings is 1. The zero-order valence-electron chi connectivity index (χ0n) is 11.8. The lowest BCUT2D eigenvalue weighted by molar-refractivity contribution is 0.0297. The van der Waals surface area contributed by atoms with E-state index in [1.165, 1.54) is 0 Å². The van der Waals surface area contributed by atoms with Gasteiger partial charge >= 0.3 is 0 Å². The maximum atomic E-state index is 12.5. The molecule has 0 aromatic heterocycles. The van der Waals surface area contributed by atoms with E-state index in [1.807, 2.05) is 31.7 Å². The van der Waals surface area contributed by atoms with Crippen molar-refractivity contribution in [3.63, 3.8) is 0 Å². The summed E-state index contributed by atoms with van der Waals surface area (Å²) in [6.07, 6.45) is 0.348. The van der Waals surface area contributed by atoms with Crippen molar-refractivity contribution in [1.82, 2.24) is 4.90 Å². The number of likely N-dealkylation sites (tertiary alicyclic amines) is 1. The molecule has 3 N–H and O–H groups in total. The molecule has 0 saturated carbocycles. The number of aliphatic hydroxyl groups is 1. The molecule has 1 aliphatic heterocycles. The summed E-state index contributed by atoms with van der Waals surface area (Å²) in [7, 11) is 0. The van der Waals surface area contributed by atoms with Crippen LogP contribution in [0.2, 0.25) is 0 Å². The fourth-order valence-corrected chi connectivity index (χ4v) is 2.59. The highest BCUT2D eigenvalue weighted by atomic mass is 16.3. The Kier molecular flexibility index (Phi) is 3.80. The standard InChI is InChI=1S/C15H22N2O2/c1-9-6-10(2)13(16)7-12(9)15(19)17-5-4-14(18)11(3)8-17/h6-7,11,14,18H,4-5,8,16H2,1-3H3. The molecule has 0 aliphatic carbocycles. The van der Waals surface area contributed by atoms with Gasteiger partial charge in [-0.05, 0) is 43.4 Å². The minimum absolute atomic E-state index is 0.0166. The number of carbonyl (C=O) groups is 1. The van der Waals surface area contributed by atoms with Crippen LogP contribution >= 0.6 is 0 Å². The molecule has 104 valence electrons. The van der Waals surface area contributed by atoms with Crippen molar-refractivity contribution in [2.45, 2.75) is 33.3 Å². The Bertz CT molecular complexity index is 499. The van der Waals surface area contributed by atoms with E-state index in [1.54, 1.807) is 6.07 Å². The number of amides is 1. The number of hydrogen-bond donors (Lipinski definition) is 2. The highest BCUT2D eigenvalue weighted by Crippen LogP contribution is 2.23. The summed E-state index contributed by atoms with van der Waals surface area (Å²) in [6.45, 7) is 7.06. The van der Waals surface area contributed by atoms with Gasteiger partial charge in [-0.15, -0.1) is 0 Å². The van der Waals surface area contributed by atoms with E-state index >= 15 is 0 Å². The fourth-order valence-electron chi connectivity index (χ4n) is 2.59. The van der Waals surface area contributed by atoms with Gasteiger partial charge in [-0.2, -0.15) is 0 Å². The summed E-state index contributed by atoms with van der Waals surface area (Å²) in [5.74, 6) is 0.142. The van der Waals surface area contributed by atoms with E-state index in [2.05, 4.69) is 0 Å². The first-order chi connectivity index (χ1) is 8.90. The van der Waals surface area contributed by atoms with Crippen molar-refractivity contribution in [1.29, 1.82) is 0 Å². The first-order valence-electron chi connectivity index (χ1n) is 6.74. The lowest BCUT2D eigenvalue weighted by atomic mass is 9.95. The number of aliphatic hydroxyl groups excluding tert-OH is 1. The van der Waals surface area contributed by atoms with Crippen LogP contribution in [-0.2, 0) is 0 Å². The molecule has 1 aromatic carbocycles. The van der Waals surface area contributed by atoms with Gasteiger partial charge in [0.15, 0.2) is 0 Å². The van der Waals surface area contributed by atoms with E-state index in [0.29, 0.717) is 30.8 Å². The normalized spacial score (nSPS) is 23.5. The van der Waals surface area contributed by atoms with Gasteiger partial charge in [0.1, 0.15) is 0 Å². The number of anilines is 1. The second-order valence-electron chi connectivity index (χ2n) is 5.61. The largest absolute Gasteiger partial charge is 0.398 e. The van der Waals surface area contributed by atoms with Gasteiger partial charge in [0.05, 0.1) is 6.10 Å². The number of hydrogen-bond acceptors (Lipinski definition) is 3. The summed E-state index contributed by atoms with van der Waals surface area (Å²) >= 11 is 0. The number of rotatable bonds is 1. The van der Waals surface area contributed by atoms with Gasteiger partial charge in [0.25, 0.3) is 5.91 Å². The van der Waals surface area contributed by atoms with Crippen LogP contribution in [0.1, 0.15) is 34.8 Å². The molecular weight excluding hydrogens is 240 g/mol. The van der Waals surface area contributed by atoms with Crippen LogP contribution in [0, 0.1) is 19.8 Å². The third-order valence-electron chi connectivity index (χ3n) is 3.99. The molecule has 2 rings (SSSR count). The van der Waals surface area contributed by atoms with Gasteiger partial charge in [0, 0.05) is 24.3 Å². The highest BCUT2D eigenvalue weighted by Gasteiger charge is 2.28. The molecule has 2 unspecified atom stereocenters. The zero-order chi connectivity index (χ0) is 14.2. The minimum Gasteiger partial charge on any atom is -0.398 e. The topological polar surface area (TPSA) is 66.6 Å². The van der Waals surface area contributed by atoms with Gasteiger partial charge < -0.3 is 15.7 Å². The molecule has 1 fully saturated rings. The number of nitrogen functional groups attached to an aromatic ring is 1.